The van der Waals surface area contributed by atoms with Gasteiger partial charge >= 0.3 is 0 Å². The third-order valence-electron chi connectivity index (χ3n) is 6.40. The van der Waals surface area contributed by atoms with E-state index in [2.05, 4.69) is 26.0 Å². The molecule has 0 aliphatic heterocycles. The van der Waals surface area contributed by atoms with Crippen LogP contribution in [0, 0.1) is 0 Å². The van der Waals surface area contributed by atoms with Crippen molar-refractivity contribution in [2.24, 2.45) is 0 Å². The fraction of sp³-hybridized carbons (Fsp3) is 0.933. The first-order valence-electron chi connectivity index (χ1n) is 14.8. The Labute approximate surface area is 203 Å². The van der Waals surface area contributed by atoms with Gasteiger partial charge < -0.3 is 0 Å². The number of allylic oxidation sites excluding steroid dienone is 2. The van der Waals surface area contributed by atoms with Gasteiger partial charge in [-0.25, -0.2) is 9.78 Å². The van der Waals surface area contributed by atoms with Crippen molar-refractivity contribution in [3.63, 3.8) is 0 Å². The monoisotopic (exact) mass is 452 g/mol. The maximum atomic E-state index is 5.33. The number of unbranched alkanes of at least 4 members (excludes halogenated alkanes) is 21. The molecule has 2 heteroatoms. The zero-order valence-electron chi connectivity index (χ0n) is 22.4. The summed E-state index contributed by atoms with van der Waals surface area (Å²) in [6.07, 6.45) is 37.3. The highest BCUT2D eigenvalue weighted by molar-refractivity contribution is 4.81. The molecule has 0 rings (SSSR count). The summed E-state index contributed by atoms with van der Waals surface area (Å²) in [5, 5.41) is 0. The molecule has 0 bridgehead atoms. The quantitative estimate of drug-likeness (QED) is 0.0508. The van der Waals surface area contributed by atoms with Crippen molar-refractivity contribution in [2.75, 3.05) is 13.2 Å². The molecule has 0 aromatic carbocycles. The van der Waals surface area contributed by atoms with Crippen LogP contribution in [-0.4, -0.2) is 13.2 Å². The van der Waals surface area contributed by atoms with Crippen LogP contribution in [0.1, 0.15) is 168 Å². The molecule has 32 heavy (non-hydrogen) atoms. The lowest BCUT2D eigenvalue weighted by atomic mass is 10.1. The van der Waals surface area contributed by atoms with E-state index < -0.39 is 0 Å². The van der Waals surface area contributed by atoms with Crippen LogP contribution in [0.2, 0.25) is 0 Å². The van der Waals surface area contributed by atoms with Gasteiger partial charge in [-0.2, -0.15) is 0 Å². The molecule has 0 aliphatic carbocycles. The normalized spacial score (nSPS) is 11.7. The van der Waals surface area contributed by atoms with Gasteiger partial charge in [0, 0.05) is 0 Å². The molecule has 0 fully saturated rings. The van der Waals surface area contributed by atoms with Gasteiger partial charge in [0.25, 0.3) is 0 Å². The van der Waals surface area contributed by atoms with E-state index in [0.717, 1.165) is 26.1 Å². The largest absolute Gasteiger partial charge is 0.237 e. The van der Waals surface area contributed by atoms with Gasteiger partial charge in [-0.3, -0.25) is 0 Å². The smallest absolute Gasteiger partial charge is 0.0822 e. The van der Waals surface area contributed by atoms with E-state index in [1.807, 2.05) is 0 Å². The van der Waals surface area contributed by atoms with Crippen LogP contribution in [0.25, 0.3) is 0 Å². The van der Waals surface area contributed by atoms with Gasteiger partial charge in [-0.05, 0) is 38.5 Å². The van der Waals surface area contributed by atoms with Gasteiger partial charge in [0.1, 0.15) is 0 Å². The molecule has 0 heterocycles. The summed E-state index contributed by atoms with van der Waals surface area (Å²) in [7, 11) is 0. The first-order chi connectivity index (χ1) is 15.9. The minimum absolute atomic E-state index is 0.763. The standard InChI is InChI=1S/C30H60O2/c1-3-5-7-9-11-13-15-16-17-18-19-20-22-24-26-28-30-32-31-29-27-25-23-21-14-12-10-8-6-4-2/h16-17H,3-15,18-30H2,1-2H3/b17-16-. The van der Waals surface area contributed by atoms with Crippen LogP contribution in [0.5, 0.6) is 0 Å². The van der Waals surface area contributed by atoms with E-state index in [4.69, 9.17) is 9.78 Å². The van der Waals surface area contributed by atoms with Crippen LogP contribution in [0.15, 0.2) is 12.2 Å². The summed E-state index contributed by atoms with van der Waals surface area (Å²) < 4.78 is 0. The summed E-state index contributed by atoms with van der Waals surface area (Å²) >= 11 is 0. The molecular weight excluding hydrogens is 392 g/mol. The van der Waals surface area contributed by atoms with E-state index in [9.17, 15) is 0 Å². The lowest BCUT2D eigenvalue weighted by Gasteiger charge is -2.05. The maximum absolute atomic E-state index is 5.33. The Kier molecular flexibility index (Phi) is 30.3. The lowest BCUT2D eigenvalue weighted by Crippen LogP contribution is -1.99. The second kappa shape index (κ2) is 30.7. The minimum atomic E-state index is 0.763. The van der Waals surface area contributed by atoms with Gasteiger partial charge in [0.2, 0.25) is 0 Å². The van der Waals surface area contributed by atoms with Crippen molar-refractivity contribution in [2.45, 2.75) is 168 Å². The predicted molar refractivity (Wildman–Crippen MR) is 143 cm³/mol. The number of rotatable bonds is 28. The Morgan fingerprint density at radius 1 is 0.344 bits per heavy atom. The summed E-state index contributed by atoms with van der Waals surface area (Å²) in [6.45, 7) is 6.10. The molecule has 0 amide bonds. The Hall–Kier alpha value is -0.340. The van der Waals surface area contributed by atoms with Gasteiger partial charge in [0.05, 0.1) is 13.2 Å². The van der Waals surface area contributed by atoms with Gasteiger partial charge in [-0.15, -0.1) is 0 Å². The van der Waals surface area contributed by atoms with Crippen molar-refractivity contribution in [3.8, 4) is 0 Å². The van der Waals surface area contributed by atoms with Crippen LogP contribution in [0.3, 0.4) is 0 Å². The van der Waals surface area contributed by atoms with Crippen LogP contribution >= 0.6 is 0 Å². The van der Waals surface area contributed by atoms with Gasteiger partial charge in [-0.1, -0.05) is 142 Å². The van der Waals surface area contributed by atoms with Crippen LogP contribution < -0.4 is 0 Å². The fourth-order valence-electron chi connectivity index (χ4n) is 4.17. The molecule has 2 nitrogen and oxygen atoms in total. The molecule has 0 radical (unpaired) electrons. The molecule has 0 aromatic rings. The number of hydrogen-bond acceptors (Lipinski definition) is 2. The highest BCUT2D eigenvalue weighted by Gasteiger charge is 1.95. The zero-order valence-corrected chi connectivity index (χ0v) is 22.4. The average Bonchev–Trinajstić information content (AvgIpc) is 2.81. The molecule has 0 N–H and O–H groups in total. The highest BCUT2D eigenvalue weighted by atomic mass is 17.2. The topological polar surface area (TPSA) is 18.5 Å². The first kappa shape index (κ1) is 31.7. The summed E-state index contributed by atoms with van der Waals surface area (Å²) in [5.74, 6) is 0. The highest BCUT2D eigenvalue weighted by Crippen LogP contribution is 2.11. The molecule has 0 aliphatic rings. The molecule has 0 unspecified atom stereocenters. The molecule has 0 spiro atoms. The maximum Gasteiger partial charge on any atom is 0.0822 e. The second-order valence-corrected chi connectivity index (χ2v) is 9.76. The lowest BCUT2D eigenvalue weighted by molar-refractivity contribution is -0.295. The zero-order chi connectivity index (χ0) is 23.2. The van der Waals surface area contributed by atoms with Crippen molar-refractivity contribution in [3.05, 3.63) is 12.2 Å². The summed E-state index contributed by atoms with van der Waals surface area (Å²) in [6, 6.07) is 0. The molecule has 192 valence electrons. The number of hydrogen-bond donors (Lipinski definition) is 0. The predicted octanol–water partition coefficient (Wildman–Crippen LogP) is 10.9. The molecule has 0 saturated carbocycles. The SMILES string of the molecule is CCCCCCCC/C=C\CCCCCCCCOOCCCCCCCCCCCC. The first-order valence-corrected chi connectivity index (χ1v) is 14.8. The summed E-state index contributed by atoms with van der Waals surface area (Å²) in [5.41, 5.74) is 0. The van der Waals surface area contributed by atoms with Crippen molar-refractivity contribution in [1.29, 1.82) is 0 Å². The van der Waals surface area contributed by atoms with E-state index >= 15 is 0 Å². The van der Waals surface area contributed by atoms with E-state index in [-0.39, 0.29) is 0 Å². The third kappa shape index (κ3) is 29.7. The second-order valence-electron chi connectivity index (χ2n) is 9.76. The molecule has 0 atom stereocenters. The Balaban J connectivity index is 3.04. The third-order valence-corrected chi connectivity index (χ3v) is 6.40. The molecule has 0 aromatic heterocycles. The van der Waals surface area contributed by atoms with E-state index in [0.29, 0.717) is 0 Å². The Bertz CT molecular complexity index is 340. The van der Waals surface area contributed by atoms with Gasteiger partial charge in [0.15, 0.2) is 0 Å². The minimum Gasteiger partial charge on any atom is -0.237 e. The Morgan fingerprint density at radius 2 is 0.625 bits per heavy atom. The average molecular weight is 453 g/mol. The van der Waals surface area contributed by atoms with E-state index in [1.165, 1.54) is 141 Å². The fourth-order valence-corrected chi connectivity index (χ4v) is 4.17. The molecule has 0 saturated heterocycles. The summed E-state index contributed by atoms with van der Waals surface area (Å²) in [4.78, 5) is 10.6. The van der Waals surface area contributed by atoms with Crippen LogP contribution in [-0.2, 0) is 9.78 Å². The van der Waals surface area contributed by atoms with Crippen molar-refractivity contribution < 1.29 is 9.78 Å². The van der Waals surface area contributed by atoms with E-state index in [1.54, 1.807) is 0 Å². The van der Waals surface area contributed by atoms with Crippen molar-refractivity contribution in [1.82, 2.24) is 0 Å². The molecular formula is C30H60O2. The van der Waals surface area contributed by atoms with Crippen LogP contribution in [0.4, 0.5) is 0 Å². The van der Waals surface area contributed by atoms with Crippen molar-refractivity contribution >= 4 is 0 Å². The Morgan fingerprint density at radius 3 is 0.969 bits per heavy atom.